The number of amides is 1. The maximum absolute atomic E-state index is 13.4. The number of carbonyl (C=O) groups is 1. The van der Waals surface area contributed by atoms with Crippen LogP contribution < -0.4 is 4.74 Å². The van der Waals surface area contributed by atoms with Crippen LogP contribution in [0.5, 0.6) is 5.75 Å². The molecule has 35 heavy (non-hydrogen) atoms. The molecule has 1 aliphatic heterocycles. The molecule has 192 valence electrons. The van der Waals surface area contributed by atoms with E-state index in [1.165, 1.54) is 4.90 Å². The number of ether oxygens (including phenoxy) is 1. The summed E-state index contributed by atoms with van der Waals surface area (Å²) in [4.78, 5) is 17.7. The number of hydrogen-bond donors (Lipinski definition) is 0. The second kappa shape index (κ2) is 7.58. The van der Waals surface area contributed by atoms with E-state index < -0.39 is 62.2 Å². The molecule has 8 nitrogen and oxygen atoms in total. The molecule has 1 aliphatic carbocycles. The number of alkyl halides is 6. The zero-order valence-corrected chi connectivity index (χ0v) is 19.3. The smallest absolute Gasteiger partial charge is 0.471 e. The summed E-state index contributed by atoms with van der Waals surface area (Å²) >= 11 is 0. The molecule has 0 N–H and O–H groups in total. The zero-order chi connectivity index (χ0) is 26.2. The summed E-state index contributed by atoms with van der Waals surface area (Å²) in [5.41, 5.74) is -2.16. The third kappa shape index (κ3) is 4.34. The second-order valence-electron chi connectivity index (χ2n) is 9.13. The van der Waals surface area contributed by atoms with Gasteiger partial charge in [0.25, 0.3) is 5.91 Å². The number of fused-ring (bicyclic) bond motifs is 1. The number of piperidine rings is 1. The topological polar surface area (TPSA) is 103 Å². The molecule has 4 rings (SSSR count). The first-order chi connectivity index (χ1) is 15.9. The van der Waals surface area contributed by atoms with Crippen molar-refractivity contribution in [2.75, 3.05) is 19.3 Å². The Bertz CT molecular complexity index is 1290. The lowest BCUT2D eigenvalue weighted by molar-refractivity contribution is -0.189. The Morgan fingerprint density at radius 3 is 2.40 bits per heavy atom. The molecule has 0 radical (unpaired) electrons. The summed E-state index contributed by atoms with van der Waals surface area (Å²) in [5, 5.41) is 3.45. The van der Waals surface area contributed by atoms with Crippen molar-refractivity contribution < 1.29 is 48.8 Å². The molecule has 2 aliphatic rings. The van der Waals surface area contributed by atoms with Crippen molar-refractivity contribution in [3.63, 3.8) is 0 Å². The van der Waals surface area contributed by atoms with E-state index in [9.17, 15) is 39.6 Å². The quantitative estimate of drug-likeness (QED) is 0.548. The summed E-state index contributed by atoms with van der Waals surface area (Å²) in [6.45, 7) is 2.32. The van der Waals surface area contributed by atoms with E-state index in [2.05, 4.69) is 14.7 Å². The Balaban J connectivity index is 1.67. The van der Waals surface area contributed by atoms with Crippen LogP contribution in [0.1, 0.15) is 42.3 Å². The molecule has 1 aromatic heterocycles. The van der Waals surface area contributed by atoms with Crippen LogP contribution in [0.4, 0.5) is 26.3 Å². The van der Waals surface area contributed by atoms with Gasteiger partial charge in [0.15, 0.2) is 21.8 Å². The molecule has 1 unspecified atom stereocenters. The van der Waals surface area contributed by atoms with Gasteiger partial charge in [0.05, 0.1) is 15.9 Å². The van der Waals surface area contributed by atoms with Crippen LogP contribution in [0.25, 0.3) is 0 Å². The average Bonchev–Trinajstić information content (AvgIpc) is 3.07. The van der Waals surface area contributed by atoms with E-state index in [0.717, 1.165) is 31.4 Å². The van der Waals surface area contributed by atoms with Gasteiger partial charge in [-0.2, -0.15) is 31.3 Å². The highest BCUT2D eigenvalue weighted by Gasteiger charge is 2.73. The van der Waals surface area contributed by atoms with Crippen molar-refractivity contribution >= 4 is 15.7 Å². The number of sulfone groups is 1. The number of likely N-dealkylation sites (tertiary alicyclic amines) is 1. The van der Waals surface area contributed by atoms with Crippen molar-refractivity contribution in [1.82, 2.24) is 15.0 Å². The summed E-state index contributed by atoms with van der Waals surface area (Å²) in [6, 6.07) is 2.91. The third-order valence-electron chi connectivity index (χ3n) is 6.48. The largest absolute Gasteiger partial charge is 0.480 e. The molecule has 0 bridgehead atoms. The number of nitrogens with zero attached hydrogens (tertiary/aromatic N) is 3. The summed E-state index contributed by atoms with van der Waals surface area (Å²) < 4.78 is 111. The predicted molar refractivity (Wildman–Crippen MR) is 105 cm³/mol. The number of carbonyl (C=O) groups excluding carboxylic acids is 1. The van der Waals surface area contributed by atoms with Gasteiger partial charge in [0, 0.05) is 24.8 Å². The average molecular weight is 527 g/mol. The summed E-state index contributed by atoms with van der Waals surface area (Å²) in [6.07, 6.45) is -10.7. The Labute approximate surface area is 195 Å². The maximum Gasteiger partial charge on any atom is 0.471 e. The summed E-state index contributed by atoms with van der Waals surface area (Å²) in [7, 11) is -3.82. The molecule has 2 aromatic rings. The molecule has 2 heterocycles. The van der Waals surface area contributed by atoms with E-state index >= 15 is 0 Å². The molecule has 1 amide bonds. The molecule has 2 fully saturated rings. The standard InChI is InChI=1S/C20H19F6N3O5S/c1-10(19(21,22)23)33-13-5-4-11(35(3,31)32)6-12(13)14(30)29-8-17(2)7-18(17,9-29)15-27-16(34-28-15)20(24,25)26/h4-6,10H,7-9H2,1-3H3/t10-,17?,18-/m1/s1. The van der Waals surface area contributed by atoms with Crippen LogP contribution >= 0.6 is 0 Å². The fraction of sp³-hybridized carbons (Fsp3) is 0.550. The predicted octanol–water partition coefficient (Wildman–Crippen LogP) is 3.63. The molecule has 1 saturated carbocycles. The number of benzene rings is 1. The van der Waals surface area contributed by atoms with E-state index in [1.54, 1.807) is 6.92 Å². The molecule has 3 atom stereocenters. The normalized spacial score (nSPS) is 25.3. The van der Waals surface area contributed by atoms with E-state index in [1.807, 2.05) is 0 Å². The minimum absolute atomic E-state index is 0.0269. The van der Waals surface area contributed by atoms with Gasteiger partial charge in [-0.05, 0) is 31.5 Å². The number of aromatic nitrogens is 2. The second-order valence-corrected chi connectivity index (χ2v) is 11.1. The molecular weight excluding hydrogens is 508 g/mol. The van der Waals surface area contributed by atoms with Gasteiger partial charge in [-0.25, -0.2) is 8.42 Å². The lowest BCUT2D eigenvalue weighted by Gasteiger charge is -2.24. The highest BCUT2D eigenvalue weighted by molar-refractivity contribution is 7.90. The number of hydrogen-bond acceptors (Lipinski definition) is 7. The van der Waals surface area contributed by atoms with Gasteiger partial charge in [-0.3, -0.25) is 4.79 Å². The first-order valence-electron chi connectivity index (χ1n) is 10.2. The van der Waals surface area contributed by atoms with Gasteiger partial charge < -0.3 is 14.2 Å². The number of rotatable bonds is 5. The lowest BCUT2D eigenvalue weighted by Crippen LogP contribution is -2.35. The zero-order valence-electron chi connectivity index (χ0n) is 18.5. The van der Waals surface area contributed by atoms with E-state index in [0.29, 0.717) is 6.42 Å². The van der Waals surface area contributed by atoms with Gasteiger partial charge >= 0.3 is 18.2 Å². The Kier molecular flexibility index (Phi) is 5.47. The fourth-order valence-corrected chi connectivity index (χ4v) is 5.06. The SMILES string of the molecule is C[C@@H](Oc1ccc(S(C)(=O)=O)cc1C(=O)N1CC2(C)C[C@]2(c2noc(C(F)(F)F)n2)C1)C(F)(F)F. The van der Waals surface area contributed by atoms with Crippen LogP contribution in [0.15, 0.2) is 27.6 Å². The van der Waals surface area contributed by atoms with Crippen LogP contribution in [-0.4, -0.2) is 61.0 Å². The fourth-order valence-electron chi connectivity index (χ4n) is 4.41. The van der Waals surface area contributed by atoms with E-state index in [4.69, 9.17) is 4.74 Å². The lowest BCUT2D eigenvalue weighted by atomic mass is 9.98. The highest BCUT2D eigenvalue weighted by atomic mass is 32.2. The molecule has 1 aromatic carbocycles. The molecular formula is C20H19F6N3O5S. The molecule has 0 spiro atoms. The van der Waals surface area contributed by atoms with Gasteiger partial charge in [-0.15, -0.1) is 0 Å². The monoisotopic (exact) mass is 527 g/mol. The van der Waals surface area contributed by atoms with Crippen molar-refractivity contribution in [1.29, 1.82) is 0 Å². The minimum atomic E-state index is -4.85. The Hall–Kier alpha value is -2.84. The van der Waals surface area contributed by atoms with E-state index in [-0.39, 0.29) is 23.8 Å². The van der Waals surface area contributed by atoms with Crippen molar-refractivity contribution in [3.8, 4) is 5.75 Å². The Morgan fingerprint density at radius 2 is 1.86 bits per heavy atom. The van der Waals surface area contributed by atoms with Crippen molar-refractivity contribution in [2.45, 2.75) is 49.0 Å². The first kappa shape index (κ1) is 25.3. The molecule has 1 saturated heterocycles. The third-order valence-corrected chi connectivity index (χ3v) is 7.59. The van der Waals surface area contributed by atoms with Gasteiger partial charge in [0.2, 0.25) is 0 Å². The molecule has 15 heteroatoms. The van der Waals surface area contributed by atoms with Crippen molar-refractivity contribution in [3.05, 3.63) is 35.5 Å². The van der Waals surface area contributed by atoms with Crippen LogP contribution in [0, 0.1) is 5.41 Å². The maximum atomic E-state index is 13.4. The summed E-state index contributed by atoms with van der Waals surface area (Å²) in [5.74, 6) is -3.08. The highest BCUT2D eigenvalue weighted by Crippen LogP contribution is 2.68. The minimum Gasteiger partial charge on any atom is -0.480 e. The van der Waals surface area contributed by atoms with Crippen LogP contribution in [0.3, 0.4) is 0 Å². The van der Waals surface area contributed by atoms with Crippen molar-refractivity contribution in [2.24, 2.45) is 5.41 Å². The Morgan fingerprint density at radius 1 is 1.20 bits per heavy atom. The number of halogens is 6. The first-order valence-corrected chi connectivity index (χ1v) is 12.0. The van der Waals surface area contributed by atoms with Crippen LogP contribution in [-0.2, 0) is 21.4 Å². The van der Waals surface area contributed by atoms with Gasteiger partial charge in [-0.1, -0.05) is 12.1 Å². The van der Waals surface area contributed by atoms with Crippen LogP contribution in [0.2, 0.25) is 0 Å². The van der Waals surface area contributed by atoms with Gasteiger partial charge in [0.1, 0.15) is 5.75 Å².